The number of hydrogen-bond donors (Lipinski definition) is 1. The molecule has 35 heavy (non-hydrogen) atoms. The minimum absolute atomic E-state index is 0.0189. The molecule has 1 amide bonds. The number of aromatic hydroxyl groups is 1. The largest absolute Gasteiger partial charge is 0.508 e. The van der Waals surface area contributed by atoms with Crippen LogP contribution in [0.2, 0.25) is 0 Å². The molecule has 2 aromatic rings. The van der Waals surface area contributed by atoms with E-state index in [4.69, 9.17) is 4.74 Å². The second kappa shape index (κ2) is 8.63. The molecule has 5 nitrogen and oxygen atoms in total. The Morgan fingerprint density at radius 2 is 2.23 bits per heavy atom. The van der Waals surface area contributed by atoms with Crippen LogP contribution in [0.5, 0.6) is 11.5 Å². The Hall–Kier alpha value is -1.83. The maximum absolute atomic E-state index is 13.7. The smallest absolute Gasteiger partial charge is 0.246 e. The van der Waals surface area contributed by atoms with Crippen molar-refractivity contribution in [2.45, 2.75) is 63.1 Å². The fourth-order valence-corrected chi connectivity index (χ4v) is 8.83. The summed E-state index contributed by atoms with van der Waals surface area (Å²) in [5, 5.41) is 12.9. The molecule has 1 aromatic heterocycles. The molecule has 2 aliphatic heterocycles. The Balaban J connectivity index is 1.39. The maximum atomic E-state index is 13.7. The molecule has 1 N–H and O–H groups in total. The third kappa shape index (κ3) is 3.60. The van der Waals surface area contributed by atoms with E-state index in [0.29, 0.717) is 30.2 Å². The molecule has 0 unspecified atom stereocenters. The van der Waals surface area contributed by atoms with E-state index in [9.17, 15) is 9.90 Å². The first kappa shape index (κ1) is 23.6. The molecule has 0 radical (unpaired) electrons. The number of piperidine rings is 1. The first-order valence-corrected chi connectivity index (χ1v) is 14.4. The zero-order valence-electron chi connectivity index (χ0n) is 20.5. The molecule has 1 spiro atoms. The Morgan fingerprint density at radius 1 is 1.40 bits per heavy atom. The lowest BCUT2D eigenvalue weighted by Gasteiger charge is -2.60. The summed E-state index contributed by atoms with van der Waals surface area (Å²) in [5.41, 5.74) is 2.19. The summed E-state index contributed by atoms with van der Waals surface area (Å²) in [5.74, 6) is 2.24. The van der Waals surface area contributed by atoms with Gasteiger partial charge in [-0.3, -0.25) is 4.79 Å². The summed E-state index contributed by atoms with van der Waals surface area (Å²) in [6.07, 6.45) is 7.53. The molecule has 1 aromatic carbocycles. The molecule has 1 saturated heterocycles. The van der Waals surface area contributed by atoms with Gasteiger partial charge in [-0.05, 0) is 91.3 Å². The number of likely N-dealkylation sites (tertiary alicyclic amines) is 1. The summed E-state index contributed by atoms with van der Waals surface area (Å²) in [6.45, 7) is 6.09. The average molecular weight is 558 g/mol. The van der Waals surface area contributed by atoms with Crippen molar-refractivity contribution in [1.29, 1.82) is 0 Å². The highest BCUT2D eigenvalue weighted by molar-refractivity contribution is 9.10. The van der Waals surface area contributed by atoms with Crippen molar-refractivity contribution in [3.8, 4) is 11.5 Å². The molecule has 4 aliphatic rings. The zero-order valence-corrected chi connectivity index (χ0v) is 22.9. The molecule has 6 rings (SSSR count). The molecule has 2 fully saturated rings. The third-order valence-corrected chi connectivity index (χ3v) is 10.5. The van der Waals surface area contributed by atoms with Crippen LogP contribution in [-0.4, -0.2) is 59.1 Å². The first-order chi connectivity index (χ1) is 16.8. The number of benzene rings is 1. The monoisotopic (exact) mass is 556 g/mol. The number of phenols is 1. The van der Waals surface area contributed by atoms with Crippen LogP contribution >= 0.6 is 27.3 Å². The summed E-state index contributed by atoms with van der Waals surface area (Å²) >= 11 is 5.13. The van der Waals surface area contributed by atoms with Crippen molar-refractivity contribution in [1.82, 2.24) is 9.80 Å². The van der Waals surface area contributed by atoms with E-state index < -0.39 is 0 Å². The number of rotatable bonds is 5. The van der Waals surface area contributed by atoms with E-state index in [1.54, 1.807) is 23.5 Å². The lowest BCUT2D eigenvalue weighted by molar-refractivity contribution is -0.138. The zero-order chi connectivity index (χ0) is 24.5. The van der Waals surface area contributed by atoms with Crippen molar-refractivity contribution >= 4 is 39.2 Å². The van der Waals surface area contributed by atoms with Gasteiger partial charge in [0.15, 0.2) is 0 Å². The van der Waals surface area contributed by atoms with Crippen LogP contribution in [-0.2, 0) is 16.6 Å². The summed E-state index contributed by atoms with van der Waals surface area (Å²) < 4.78 is 7.85. The average Bonchev–Trinajstić information content (AvgIpc) is 3.39. The number of amides is 1. The third-order valence-electron chi connectivity index (χ3n) is 8.81. The second-order valence-electron chi connectivity index (χ2n) is 11.2. The Labute approximate surface area is 219 Å². The maximum Gasteiger partial charge on any atom is 0.246 e. The molecular formula is C28H33BrN2O3S. The number of hydrogen-bond acceptors (Lipinski definition) is 5. The highest BCUT2D eigenvalue weighted by Crippen LogP contribution is 2.63. The van der Waals surface area contributed by atoms with Crippen molar-refractivity contribution < 1.29 is 14.6 Å². The lowest BCUT2D eigenvalue weighted by atomic mass is 9.51. The standard InChI is InChI=1S/C28H33BrN2O3S/c1-16(2)14-31(25(33)9-4-18-12-17(29)15-35-18)21-6-5-20-22-13-19-23(32)7-8-24-26(19)28(20,27(21)34-24)10-11-30(22)3/h4,7-9,12,15-16,20-22,27,32H,5-6,10-11,13-14H2,1-3H3/b9-4+/t20-,21-,22+,27-,28-/m0/s1. The van der Waals surface area contributed by atoms with Gasteiger partial charge >= 0.3 is 0 Å². The van der Waals surface area contributed by atoms with Crippen molar-refractivity contribution in [3.05, 3.63) is 50.1 Å². The Kier molecular flexibility index (Phi) is 5.81. The van der Waals surface area contributed by atoms with Crippen LogP contribution < -0.4 is 4.74 Å². The Morgan fingerprint density at radius 3 is 2.97 bits per heavy atom. The summed E-state index contributed by atoms with van der Waals surface area (Å²) in [6, 6.07) is 6.22. The number of thiophene rings is 1. The van der Waals surface area contributed by atoms with Gasteiger partial charge in [0.1, 0.15) is 17.6 Å². The number of nitrogens with zero attached hydrogens (tertiary/aromatic N) is 2. The van der Waals surface area contributed by atoms with Crippen LogP contribution in [0.1, 0.15) is 49.1 Å². The van der Waals surface area contributed by atoms with Gasteiger partial charge in [0.05, 0.1) is 6.04 Å². The van der Waals surface area contributed by atoms with Crippen molar-refractivity contribution in [3.63, 3.8) is 0 Å². The predicted molar refractivity (Wildman–Crippen MR) is 143 cm³/mol. The van der Waals surface area contributed by atoms with Gasteiger partial charge in [-0.25, -0.2) is 0 Å². The number of likely N-dealkylation sites (N-methyl/N-ethyl adjacent to an activating group) is 1. The van der Waals surface area contributed by atoms with E-state index in [1.165, 1.54) is 5.56 Å². The van der Waals surface area contributed by atoms with Crippen LogP contribution in [0.3, 0.4) is 0 Å². The fourth-order valence-electron chi connectivity index (χ4n) is 7.49. The SMILES string of the molecule is CC(C)CN(C(=O)/C=C/c1cc(Br)cs1)[C@H]1CC[C@H]2[C@H]3Cc4c(O)ccc5c4[C@@]2(CCN3C)[C@H]1O5. The molecular weight excluding hydrogens is 524 g/mol. The van der Waals surface area contributed by atoms with E-state index in [1.807, 2.05) is 23.6 Å². The summed E-state index contributed by atoms with van der Waals surface area (Å²) in [7, 11) is 2.22. The van der Waals surface area contributed by atoms with Gasteiger partial charge in [0.25, 0.3) is 0 Å². The quantitative estimate of drug-likeness (QED) is 0.497. The van der Waals surface area contributed by atoms with Crippen LogP contribution in [0.15, 0.2) is 34.1 Å². The highest BCUT2D eigenvalue weighted by Gasteiger charge is 2.66. The molecule has 1 saturated carbocycles. The molecule has 186 valence electrons. The lowest BCUT2D eigenvalue weighted by Crippen LogP contribution is -2.68. The predicted octanol–water partition coefficient (Wildman–Crippen LogP) is 5.45. The molecule has 3 heterocycles. The van der Waals surface area contributed by atoms with E-state index in [0.717, 1.165) is 52.9 Å². The number of halogens is 1. The van der Waals surface area contributed by atoms with Crippen LogP contribution in [0, 0.1) is 11.8 Å². The van der Waals surface area contributed by atoms with E-state index in [2.05, 4.69) is 46.6 Å². The van der Waals surface area contributed by atoms with Gasteiger partial charge in [-0.15, -0.1) is 11.3 Å². The van der Waals surface area contributed by atoms with E-state index >= 15 is 0 Å². The molecule has 2 aliphatic carbocycles. The van der Waals surface area contributed by atoms with Gasteiger partial charge in [0.2, 0.25) is 5.91 Å². The number of ether oxygens (including phenoxy) is 1. The van der Waals surface area contributed by atoms with Crippen molar-refractivity contribution in [2.75, 3.05) is 20.1 Å². The van der Waals surface area contributed by atoms with Gasteiger partial charge in [-0.1, -0.05) is 13.8 Å². The van der Waals surface area contributed by atoms with Gasteiger partial charge in [-0.2, -0.15) is 0 Å². The minimum Gasteiger partial charge on any atom is -0.508 e. The van der Waals surface area contributed by atoms with Gasteiger partial charge < -0.3 is 19.6 Å². The Bertz CT molecular complexity index is 1190. The summed E-state index contributed by atoms with van der Waals surface area (Å²) in [4.78, 5) is 19.3. The molecule has 7 heteroatoms. The van der Waals surface area contributed by atoms with Crippen molar-refractivity contribution in [2.24, 2.45) is 11.8 Å². The van der Waals surface area contributed by atoms with Crippen LogP contribution in [0.4, 0.5) is 0 Å². The second-order valence-corrected chi connectivity index (χ2v) is 13.0. The number of carbonyl (C=O) groups excluding carboxylic acids is 1. The molecule has 5 atom stereocenters. The minimum atomic E-state index is -0.125. The molecule has 2 bridgehead atoms. The van der Waals surface area contributed by atoms with Crippen LogP contribution in [0.25, 0.3) is 6.08 Å². The highest BCUT2D eigenvalue weighted by atomic mass is 79.9. The normalized spacial score (nSPS) is 31.0. The topological polar surface area (TPSA) is 53.0 Å². The number of phenolic OH excluding ortho intramolecular Hbond substituents is 1. The van der Waals surface area contributed by atoms with E-state index in [-0.39, 0.29) is 23.5 Å². The fraction of sp³-hybridized carbons (Fsp3) is 0.536. The number of carbonyl (C=O) groups is 1. The van der Waals surface area contributed by atoms with Gasteiger partial charge in [0, 0.05) is 49.9 Å². The first-order valence-electron chi connectivity index (χ1n) is 12.7.